The molecule has 1 aliphatic rings. The Morgan fingerprint density at radius 1 is 1.19 bits per heavy atom. The molecule has 1 aromatic rings. The first-order valence-corrected chi connectivity index (χ1v) is 4.92. The minimum atomic E-state index is -0.968. The number of aliphatic carboxylic acids is 1. The molecule has 0 saturated heterocycles. The molecule has 1 fully saturated rings. The maximum Gasteiger partial charge on any atom is 0.304 e. The second-order valence-electron chi connectivity index (χ2n) is 4.21. The van der Waals surface area contributed by atoms with Gasteiger partial charge >= 0.3 is 5.97 Å². The van der Waals surface area contributed by atoms with E-state index in [9.17, 15) is 15.0 Å². The van der Waals surface area contributed by atoms with Gasteiger partial charge in [-0.25, -0.2) is 0 Å². The fourth-order valence-corrected chi connectivity index (χ4v) is 2.10. The first-order chi connectivity index (χ1) is 7.44. The summed E-state index contributed by atoms with van der Waals surface area (Å²) in [6, 6.07) is 2.22. The zero-order valence-electron chi connectivity index (χ0n) is 8.47. The number of aromatic hydroxyl groups is 3. The van der Waals surface area contributed by atoms with E-state index in [1.807, 2.05) is 0 Å². The van der Waals surface area contributed by atoms with Crippen LogP contribution in [0.5, 0.6) is 17.2 Å². The number of hydrogen-bond acceptors (Lipinski definition) is 4. The van der Waals surface area contributed by atoms with Crippen molar-refractivity contribution < 1.29 is 25.2 Å². The molecule has 1 saturated carbocycles. The SMILES string of the molecule is O=C(O)CC1(c2c(O)cc(O)cc2O)CC1. The highest BCUT2D eigenvalue weighted by atomic mass is 16.4. The summed E-state index contributed by atoms with van der Waals surface area (Å²) in [6.45, 7) is 0. The number of rotatable bonds is 3. The normalized spacial score (nSPS) is 17.0. The fraction of sp³-hybridized carbons (Fsp3) is 0.364. The van der Waals surface area contributed by atoms with Crippen molar-refractivity contribution >= 4 is 5.97 Å². The molecule has 86 valence electrons. The number of carboxylic acid groups (broad SMARTS) is 1. The molecule has 5 heteroatoms. The van der Waals surface area contributed by atoms with Crippen LogP contribution < -0.4 is 0 Å². The monoisotopic (exact) mass is 224 g/mol. The van der Waals surface area contributed by atoms with Crippen LogP contribution in [0.15, 0.2) is 12.1 Å². The lowest BCUT2D eigenvalue weighted by Crippen LogP contribution is -2.13. The third-order valence-corrected chi connectivity index (χ3v) is 2.95. The van der Waals surface area contributed by atoms with Crippen LogP contribution in [0.1, 0.15) is 24.8 Å². The van der Waals surface area contributed by atoms with Crippen molar-refractivity contribution in [3.63, 3.8) is 0 Å². The zero-order valence-corrected chi connectivity index (χ0v) is 8.47. The Balaban J connectivity index is 2.44. The number of phenols is 3. The Kier molecular flexibility index (Phi) is 2.18. The Morgan fingerprint density at radius 2 is 1.69 bits per heavy atom. The Bertz CT molecular complexity index is 425. The van der Waals surface area contributed by atoms with Crippen LogP contribution in [0, 0.1) is 0 Å². The quantitative estimate of drug-likeness (QED) is 0.620. The Morgan fingerprint density at radius 3 is 2.06 bits per heavy atom. The molecule has 1 aliphatic carbocycles. The molecule has 0 atom stereocenters. The molecule has 0 unspecified atom stereocenters. The summed E-state index contributed by atoms with van der Waals surface area (Å²) in [5.41, 5.74) is -0.444. The third-order valence-electron chi connectivity index (χ3n) is 2.95. The van der Waals surface area contributed by atoms with Gasteiger partial charge in [0.25, 0.3) is 0 Å². The van der Waals surface area contributed by atoms with Gasteiger partial charge in [0.15, 0.2) is 0 Å². The molecule has 0 amide bonds. The molecule has 0 aliphatic heterocycles. The van der Waals surface area contributed by atoms with E-state index in [-0.39, 0.29) is 29.2 Å². The lowest BCUT2D eigenvalue weighted by Gasteiger charge is -2.16. The summed E-state index contributed by atoms with van der Waals surface area (Å²) in [5, 5.41) is 37.2. The number of carbonyl (C=O) groups is 1. The molecule has 0 bridgehead atoms. The topological polar surface area (TPSA) is 98.0 Å². The predicted molar refractivity (Wildman–Crippen MR) is 54.6 cm³/mol. The largest absolute Gasteiger partial charge is 0.508 e. The molecule has 2 rings (SSSR count). The molecule has 0 radical (unpaired) electrons. The molecule has 4 N–H and O–H groups in total. The van der Waals surface area contributed by atoms with Gasteiger partial charge in [0.2, 0.25) is 0 Å². The van der Waals surface area contributed by atoms with Crippen molar-refractivity contribution in [2.75, 3.05) is 0 Å². The summed E-state index contributed by atoms with van der Waals surface area (Å²) < 4.78 is 0. The van der Waals surface area contributed by atoms with Crippen LogP contribution in [-0.4, -0.2) is 26.4 Å². The van der Waals surface area contributed by atoms with E-state index in [0.29, 0.717) is 12.8 Å². The van der Waals surface area contributed by atoms with Gasteiger partial charge in [-0.3, -0.25) is 4.79 Å². The first kappa shape index (κ1) is 10.6. The van der Waals surface area contributed by atoms with Crippen LogP contribution in [0.25, 0.3) is 0 Å². The third kappa shape index (κ3) is 1.64. The van der Waals surface area contributed by atoms with Crippen LogP contribution >= 0.6 is 0 Å². The van der Waals surface area contributed by atoms with Crippen molar-refractivity contribution in [2.45, 2.75) is 24.7 Å². The van der Waals surface area contributed by atoms with Gasteiger partial charge in [-0.1, -0.05) is 0 Å². The highest BCUT2D eigenvalue weighted by Gasteiger charge is 2.49. The van der Waals surface area contributed by atoms with E-state index in [1.165, 1.54) is 0 Å². The average Bonchev–Trinajstić information content (AvgIpc) is 2.81. The first-order valence-electron chi connectivity index (χ1n) is 4.92. The highest BCUT2D eigenvalue weighted by Crippen LogP contribution is 2.57. The van der Waals surface area contributed by atoms with Gasteiger partial charge in [-0.15, -0.1) is 0 Å². The summed E-state index contributed by atoms with van der Waals surface area (Å²) in [4.78, 5) is 10.7. The van der Waals surface area contributed by atoms with Crippen molar-refractivity contribution in [1.29, 1.82) is 0 Å². The fourth-order valence-electron chi connectivity index (χ4n) is 2.10. The highest BCUT2D eigenvalue weighted by molar-refractivity contribution is 5.71. The molecule has 16 heavy (non-hydrogen) atoms. The van der Waals surface area contributed by atoms with Crippen molar-refractivity contribution in [3.05, 3.63) is 17.7 Å². The average molecular weight is 224 g/mol. The van der Waals surface area contributed by atoms with Crippen molar-refractivity contribution in [2.24, 2.45) is 0 Å². The zero-order chi connectivity index (χ0) is 11.9. The van der Waals surface area contributed by atoms with Crippen LogP contribution in [0.4, 0.5) is 0 Å². The van der Waals surface area contributed by atoms with E-state index in [2.05, 4.69) is 0 Å². The lowest BCUT2D eigenvalue weighted by molar-refractivity contribution is -0.137. The van der Waals surface area contributed by atoms with Gasteiger partial charge in [0, 0.05) is 23.1 Å². The lowest BCUT2D eigenvalue weighted by atomic mass is 9.90. The molecule has 0 aromatic heterocycles. The summed E-state index contributed by atoms with van der Waals surface area (Å²) in [7, 11) is 0. The maximum absolute atomic E-state index is 10.7. The van der Waals surface area contributed by atoms with E-state index >= 15 is 0 Å². The smallest absolute Gasteiger partial charge is 0.304 e. The Hall–Kier alpha value is -1.91. The molecule has 0 heterocycles. The van der Waals surface area contributed by atoms with Crippen LogP contribution in [0.3, 0.4) is 0 Å². The van der Waals surface area contributed by atoms with Crippen LogP contribution in [-0.2, 0) is 10.2 Å². The van der Waals surface area contributed by atoms with Crippen molar-refractivity contribution in [1.82, 2.24) is 0 Å². The van der Waals surface area contributed by atoms with Gasteiger partial charge in [-0.2, -0.15) is 0 Å². The van der Waals surface area contributed by atoms with Crippen molar-refractivity contribution in [3.8, 4) is 17.2 Å². The number of carboxylic acids is 1. The van der Waals surface area contributed by atoms with Gasteiger partial charge in [0.05, 0.1) is 6.42 Å². The molecule has 0 spiro atoms. The number of hydrogen-bond donors (Lipinski definition) is 4. The van der Waals surface area contributed by atoms with E-state index < -0.39 is 11.4 Å². The van der Waals surface area contributed by atoms with Crippen LogP contribution in [0.2, 0.25) is 0 Å². The number of phenolic OH excluding ortho intramolecular Hbond substituents is 3. The van der Waals surface area contributed by atoms with Gasteiger partial charge in [-0.05, 0) is 12.8 Å². The van der Waals surface area contributed by atoms with Gasteiger partial charge in [0.1, 0.15) is 17.2 Å². The molecular weight excluding hydrogens is 212 g/mol. The van der Waals surface area contributed by atoms with E-state index in [4.69, 9.17) is 10.2 Å². The minimum Gasteiger partial charge on any atom is -0.508 e. The summed E-state index contributed by atoms with van der Waals surface area (Å²) >= 11 is 0. The number of benzene rings is 1. The molecule has 5 nitrogen and oxygen atoms in total. The van der Waals surface area contributed by atoms with Gasteiger partial charge < -0.3 is 20.4 Å². The minimum absolute atomic E-state index is 0.126. The maximum atomic E-state index is 10.7. The second kappa shape index (κ2) is 3.30. The predicted octanol–water partition coefficient (Wildman–Crippen LogP) is 1.31. The summed E-state index contributed by atoms with van der Waals surface area (Å²) in [6.07, 6.45) is 1.11. The molecular formula is C11H12O5. The molecule has 1 aromatic carbocycles. The van der Waals surface area contributed by atoms with E-state index in [1.54, 1.807) is 0 Å². The summed E-state index contributed by atoms with van der Waals surface area (Å²) in [5.74, 6) is -1.72. The Labute approximate surface area is 91.6 Å². The second-order valence-corrected chi connectivity index (χ2v) is 4.21. The van der Waals surface area contributed by atoms with E-state index in [0.717, 1.165) is 12.1 Å². The standard InChI is InChI=1S/C11H12O5/c12-6-3-7(13)10(8(14)4-6)11(1-2-11)5-9(15)16/h3-4,12-14H,1-2,5H2,(H,15,16).